The van der Waals surface area contributed by atoms with Crippen molar-refractivity contribution in [2.24, 2.45) is 0 Å². The number of nitrogens with zero attached hydrogens (tertiary/aromatic N) is 2. The average molecular weight is 371 g/mol. The summed E-state index contributed by atoms with van der Waals surface area (Å²) in [5.74, 6) is 0. The Morgan fingerprint density at radius 1 is 0.714 bits per heavy atom. The second-order valence-electron chi connectivity index (χ2n) is 8.15. The van der Waals surface area contributed by atoms with Gasteiger partial charge in [0.05, 0.1) is 6.67 Å². The molecule has 4 rings (SSSR count). The van der Waals surface area contributed by atoms with Gasteiger partial charge in [-0.15, -0.1) is 0 Å². The predicted octanol–water partition coefficient (Wildman–Crippen LogP) is 5.55. The standard InChI is InChI=1S/C26H30N2/c1-20-15-21(2)26(22(3)16-20)18-28-14-13-27(19-28)17-24-11-7-8-12-25(24)23-9-5-4-6-10-23/h4-12,15-16H,13-14,17-19H2,1-3H3. The maximum Gasteiger partial charge on any atom is 0.0513 e. The van der Waals surface area contributed by atoms with Crippen molar-refractivity contribution in [3.8, 4) is 11.1 Å². The number of benzene rings is 3. The van der Waals surface area contributed by atoms with Crippen LogP contribution in [-0.2, 0) is 13.1 Å². The van der Waals surface area contributed by atoms with E-state index in [1.807, 2.05) is 0 Å². The van der Waals surface area contributed by atoms with Crippen molar-refractivity contribution in [2.75, 3.05) is 19.8 Å². The third kappa shape index (κ3) is 4.19. The van der Waals surface area contributed by atoms with Crippen LogP contribution in [0.5, 0.6) is 0 Å². The summed E-state index contributed by atoms with van der Waals surface area (Å²) in [5, 5.41) is 0. The van der Waals surface area contributed by atoms with Crippen LogP contribution < -0.4 is 0 Å². The molecule has 1 heterocycles. The molecule has 0 unspecified atom stereocenters. The third-order valence-corrected chi connectivity index (χ3v) is 5.85. The Labute approximate surface area is 169 Å². The molecule has 1 saturated heterocycles. The van der Waals surface area contributed by atoms with Gasteiger partial charge in [0.15, 0.2) is 0 Å². The Hall–Kier alpha value is -2.42. The SMILES string of the molecule is Cc1cc(C)c(CN2CCN(Cc3ccccc3-c3ccccc3)C2)c(C)c1. The summed E-state index contributed by atoms with van der Waals surface area (Å²) < 4.78 is 0. The summed E-state index contributed by atoms with van der Waals surface area (Å²) in [6.07, 6.45) is 0. The highest BCUT2D eigenvalue weighted by molar-refractivity contribution is 5.67. The van der Waals surface area contributed by atoms with Gasteiger partial charge < -0.3 is 0 Å². The lowest BCUT2D eigenvalue weighted by Gasteiger charge is -2.21. The van der Waals surface area contributed by atoms with Crippen molar-refractivity contribution in [1.82, 2.24) is 9.80 Å². The third-order valence-electron chi connectivity index (χ3n) is 5.85. The van der Waals surface area contributed by atoms with Crippen LogP contribution in [-0.4, -0.2) is 29.6 Å². The van der Waals surface area contributed by atoms with E-state index in [2.05, 4.69) is 97.3 Å². The van der Waals surface area contributed by atoms with E-state index in [1.54, 1.807) is 0 Å². The van der Waals surface area contributed by atoms with Crippen molar-refractivity contribution in [3.63, 3.8) is 0 Å². The minimum atomic E-state index is 1.01. The van der Waals surface area contributed by atoms with Crippen LogP contribution in [0.4, 0.5) is 0 Å². The Morgan fingerprint density at radius 3 is 2.04 bits per heavy atom. The maximum atomic E-state index is 2.58. The molecule has 0 atom stereocenters. The monoisotopic (exact) mass is 370 g/mol. The molecule has 3 aromatic carbocycles. The lowest BCUT2D eigenvalue weighted by atomic mass is 9.99. The van der Waals surface area contributed by atoms with Crippen LogP contribution in [0.25, 0.3) is 11.1 Å². The zero-order valence-corrected chi connectivity index (χ0v) is 17.3. The Kier molecular flexibility index (Phi) is 5.61. The van der Waals surface area contributed by atoms with E-state index >= 15 is 0 Å². The Balaban J connectivity index is 1.45. The van der Waals surface area contributed by atoms with Gasteiger partial charge in [-0.05, 0) is 54.2 Å². The highest BCUT2D eigenvalue weighted by atomic mass is 15.4. The first kappa shape index (κ1) is 18.9. The fourth-order valence-corrected chi connectivity index (χ4v) is 4.45. The molecular weight excluding hydrogens is 340 g/mol. The molecule has 1 fully saturated rings. The molecule has 3 aromatic rings. The van der Waals surface area contributed by atoms with Gasteiger partial charge in [-0.2, -0.15) is 0 Å². The Bertz CT molecular complexity index is 923. The van der Waals surface area contributed by atoms with Crippen molar-refractivity contribution in [3.05, 3.63) is 94.5 Å². The normalized spacial score (nSPS) is 15.2. The molecule has 0 bridgehead atoms. The minimum absolute atomic E-state index is 1.01. The lowest BCUT2D eigenvalue weighted by molar-refractivity contribution is 0.235. The molecule has 28 heavy (non-hydrogen) atoms. The summed E-state index contributed by atoms with van der Waals surface area (Å²) in [5.41, 5.74) is 9.78. The molecule has 0 radical (unpaired) electrons. The molecule has 2 nitrogen and oxygen atoms in total. The van der Waals surface area contributed by atoms with Gasteiger partial charge in [-0.25, -0.2) is 0 Å². The molecule has 0 aromatic heterocycles. The second kappa shape index (κ2) is 8.30. The van der Waals surface area contributed by atoms with Crippen molar-refractivity contribution in [2.45, 2.75) is 33.9 Å². The number of hydrogen-bond donors (Lipinski definition) is 0. The molecule has 0 spiro atoms. The van der Waals surface area contributed by atoms with Crippen LogP contribution >= 0.6 is 0 Å². The number of hydrogen-bond acceptors (Lipinski definition) is 2. The van der Waals surface area contributed by atoms with Crippen molar-refractivity contribution < 1.29 is 0 Å². The van der Waals surface area contributed by atoms with Gasteiger partial charge in [0.25, 0.3) is 0 Å². The summed E-state index contributed by atoms with van der Waals surface area (Å²) in [6, 6.07) is 24.2. The highest BCUT2D eigenvalue weighted by Gasteiger charge is 2.22. The lowest BCUT2D eigenvalue weighted by Crippen LogP contribution is -2.25. The smallest absolute Gasteiger partial charge is 0.0513 e. The topological polar surface area (TPSA) is 6.48 Å². The predicted molar refractivity (Wildman–Crippen MR) is 118 cm³/mol. The maximum absolute atomic E-state index is 2.58. The highest BCUT2D eigenvalue weighted by Crippen LogP contribution is 2.26. The zero-order chi connectivity index (χ0) is 19.5. The molecule has 1 aliphatic heterocycles. The van der Waals surface area contributed by atoms with Crippen LogP contribution in [0.15, 0.2) is 66.7 Å². The fraction of sp³-hybridized carbons (Fsp3) is 0.308. The second-order valence-corrected chi connectivity index (χ2v) is 8.15. The van der Waals surface area contributed by atoms with Crippen molar-refractivity contribution in [1.29, 1.82) is 0 Å². The summed E-state index contributed by atoms with van der Waals surface area (Å²) in [4.78, 5) is 5.15. The molecule has 0 aliphatic carbocycles. The van der Waals surface area contributed by atoms with Crippen LogP contribution in [0.1, 0.15) is 27.8 Å². The van der Waals surface area contributed by atoms with Crippen LogP contribution in [0.3, 0.4) is 0 Å². The molecule has 0 N–H and O–H groups in total. The van der Waals surface area contributed by atoms with Gasteiger partial charge in [0.1, 0.15) is 0 Å². The molecule has 0 amide bonds. The molecule has 144 valence electrons. The molecule has 0 saturated carbocycles. The zero-order valence-electron chi connectivity index (χ0n) is 17.3. The van der Waals surface area contributed by atoms with Crippen LogP contribution in [0.2, 0.25) is 0 Å². The summed E-state index contributed by atoms with van der Waals surface area (Å²) >= 11 is 0. The van der Waals surface area contributed by atoms with E-state index in [1.165, 1.54) is 38.9 Å². The first-order valence-corrected chi connectivity index (χ1v) is 10.2. The van der Waals surface area contributed by atoms with Crippen LogP contribution in [0, 0.1) is 20.8 Å². The fourth-order valence-electron chi connectivity index (χ4n) is 4.45. The van der Waals surface area contributed by atoms with Gasteiger partial charge in [0.2, 0.25) is 0 Å². The van der Waals surface area contributed by atoms with E-state index in [9.17, 15) is 0 Å². The number of aryl methyl sites for hydroxylation is 3. The van der Waals surface area contributed by atoms with E-state index in [0.29, 0.717) is 0 Å². The minimum Gasteiger partial charge on any atom is -0.285 e. The van der Waals surface area contributed by atoms with Gasteiger partial charge in [-0.3, -0.25) is 9.80 Å². The first-order chi connectivity index (χ1) is 13.6. The van der Waals surface area contributed by atoms with Crippen molar-refractivity contribution >= 4 is 0 Å². The van der Waals surface area contributed by atoms with Gasteiger partial charge >= 0.3 is 0 Å². The molecule has 2 heteroatoms. The summed E-state index contributed by atoms with van der Waals surface area (Å²) in [6.45, 7) is 12.1. The number of rotatable bonds is 5. The van der Waals surface area contributed by atoms with E-state index in [0.717, 1.165) is 32.8 Å². The van der Waals surface area contributed by atoms with E-state index < -0.39 is 0 Å². The Morgan fingerprint density at radius 2 is 1.32 bits per heavy atom. The van der Waals surface area contributed by atoms with Gasteiger partial charge in [0, 0.05) is 26.2 Å². The largest absolute Gasteiger partial charge is 0.285 e. The molecule has 1 aliphatic rings. The van der Waals surface area contributed by atoms with Gasteiger partial charge in [-0.1, -0.05) is 72.3 Å². The summed E-state index contributed by atoms with van der Waals surface area (Å²) in [7, 11) is 0. The van der Waals surface area contributed by atoms with E-state index in [4.69, 9.17) is 0 Å². The molecular formula is C26H30N2. The average Bonchev–Trinajstić information content (AvgIpc) is 3.13. The quantitative estimate of drug-likeness (QED) is 0.580. The van der Waals surface area contributed by atoms with E-state index in [-0.39, 0.29) is 0 Å². The first-order valence-electron chi connectivity index (χ1n) is 10.2.